The first-order valence-corrected chi connectivity index (χ1v) is 12.3. The molecule has 1 aliphatic rings. The van der Waals surface area contributed by atoms with Crippen molar-refractivity contribution >= 4 is 14.1 Å². The maximum absolute atomic E-state index is 13.1. The van der Waals surface area contributed by atoms with E-state index in [0.29, 0.717) is 5.56 Å². The van der Waals surface area contributed by atoms with Crippen molar-refractivity contribution in [2.45, 2.75) is 56.8 Å². The van der Waals surface area contributed by atoms with E-state index in [2.05, 4.69) is 26.1 Å². The van der Waals surface area contributed by atoms with Gasteiger partial charge in [0.15, 0.2) is 14.0 Å². The van der Waals surface area contributed by atoms with Crippen LogP contribution < -0.4 is 5.32 Å². The molecule has 3 atom stereocenters. The van der Waals surface area contributed by atoms with Gasteiger partial charge in [0.05, 0.1) is 5.92 Å². The number of benzene rings is 2. The molecule has 2 aromatic rings. The van der Waals surface area contributed by atoms with E-state index in [1.54, 1.807) is 12.1 Å². The summed E-state index contributed by atoms with van der Waals surface area (Å²) in [7, 11) is -1.89. The van der Waals surface area contributed by atoms with Crippen LogP contribution in [-0.2, 0) is 4.43 Å². The Labute approximate surface area is 162 Å². The van der Waals surface area contributed by atoms with E-state index >= 15 is 0 Å². The minimum Gasteiger partial charge on any atom is -0.401 e. The fourth-order valence-electron chi connectivity index (χ4n) is 3.97. The lowest BCUT2D eigenvalue weighted by Gasteiger charge is -2.54. The maximum atomic E-state index is 13.1. The predicted molar refractivity (Wildman–Crippen MR) is 110 cm³/mol. The lowest BCUT2D eigenvalue weighted by atomic mass is 9.75. The molecule has 0 radical (unpaired) electrons. The Balaban J connectivity index is 1.93. The molecule has 2 N–H and O–H groups in total. The molecule has 5 heteroatoms. The average Bonchev–Trinajstić information content (AvgIpc) is 2.72. The summed E-state index contributed by atoms with van der Waals surface area (Å²) < 4.78 is 6.59. The van der Waals surface area contributed by atoms with Crippen LogP contribution in [0, 0.1) is 0 Å². The van der Waals surface area contributed by atoms with E-state index in [-0.39, 0.29) is 12.0 Å². The third kappa shape index (κ3) is 3.65. The molecule has 0 bridgehead atoms. The van der Waals surface area contributed by atoms with Gasteiger partial charge in [-0.3, -0.25) is 10.1 Å². The maximum Gasteiger partial charge on any atom is 0.210 e. The summed E-state index contributed by atoms with van der Waals surface area (Å²) in [6.07, 6.45) is -0.350. The van der Waals surface area contributed by atoms with Gasteiger partial charge < -0.3 is 9.53 Å². The van der Waals surface area contributed by atoms with E-state index < -0.39 is 20.0 Å². The van der Waals surface area contributed by atoms with Gasteiger partial charge in [-0.2, -0.15) is 0 Å². The molecule has 3 rings (SSSR count). The van der Waals surface area contributed by atoms with Crippen molar-refractivity contribution in [3.05, 3.63) is 71.8 Å². The molecule has 1 aliphatic heterocycles. The smallest absolute Gasteiger partial charge is 0.210 e. The molecule has 144 valence electrons. The topological polar surface area (TPSA) is 58.6 Å². The molecule has 2 aromatic carbocycles. The van der Waals surface area contributed by atoms with Crippen LogP contribution in [0.5, 0.6) is 0 Å². The van der Waals surface area contributed by atoms with Gasteiger partial charge in [0, 0.05) is 5.56 Å². The quantitative estimate of drug-likeness (QED) is 0.527. The molecule has 27 heavy (non-hydrogen) atoms. The van der Waals surface area contributed by atoms with Crippen LogP contribution in [0.2, 0.25) is 18.1 Å². The highest BCUT2D eigenvalue weighted by Crippen LogP contribution is 2.43. The van der Waals surface area contributed by atoms with Crippen molar-refractivity contribution in [3.8, 4) is 0 Å². The fourth-order valence-corrected chi connectivity index (χ4v) is 6.71. The molecule has 0 aromatic heterocycles. The molecule has 0 spiro atoms. The standard InChI is InChI=1S/C22H29NO3Si/c1-4-27(5-2,6-3)26-21-19(17-13-9-7-10-14-17)22(25,23-21)20(24)18-15-11-8-12-16-18/h7-16,19,21,23,25H,4-6H2,1-3H3/t19-,21+,22+/m0/s1. The first-order valence-electron chi connectivity index (χ1n) is 9.82. The van der Waals surface area contributed by atoms with Crippen LogP contribution >= 0.6 is 0 Å². The van der Waals surface area contributed by atoms with Crippen molar-refractivity contribution in [3.63, 3.8) is 0 Å². The average molecular weight is 384 g/mol. The molecule has 0 aliphatic carbocycles. The Kier molecular flexibility index (Phi) is 5.96. The van der Waals surface area contributed by atoms with Crippen LogP contribution in [0.3, 0.4) is 0 Å². The van der Waals surface area contributed by atoms with Crippen molar-refractivity contribution in [1.82, 2.24) is 5.32 Å². The molecule has 1 heterocycles. The number of Topliss-reactive ketones (excluding diaryl/α,β-unsaturated/α-hetero) is 1. The third-order valence-electron chi connectivity index (χ3n) is 5.97. The number of carbonyl (C=O) groups is 1. The van der Waals surface area contributed by atoms with Gasteiger partial charge in [-0.05, 0) is 23.7 Å². The first kappa shape index (κ1) is 20.0. The van der Waals surface area contributed by atoms with Gasteiger partial charge in [-0.1, -0.05) is 81.4 Å². The van der Waals surface area contributed by atoms with Crippen molar-refractivity contribution in [2.75, 3.05) is 0 Å². The van der Waals surface area contributed by atoms with Crippen LogP contribution in [0.25, 0.3) is 0 Å². The van der Waals surface area contributed by atoms with Gasteiger partial charge in [-0.15, -0.1) is 0 Å². The van der Waals surface area contributed by atoms with E-state index in [0.717, 1.165) is 23.7 Å². The molecule has 0 amide bonds. The molecule has 1 fully saturated rings. The summed E-state index contributed by atoms with van der Waals surface area (Å²) in [5.41, 5.74) is -0.237. The van der Waals surface area contributed by atoms with Crippen LogP contribution in [0.4, 0.5) is 0 Å². The number of hydrogen-bond donors (Lipinski definition) is 2. The zero-order valence-corrected chi connectivity index (χ0v) is 17.3. The second-order valence-corrected chi connectivity index (χ2v) is 12.0. The zero-order valence-electron chi connectivity index (χ0n) is 16.3. The second kappa shape index (κ2) is 8.06. The van der Waals surface area contributed by atoms with Crippen molar-refractivity contribution in [2.24, 2.45) is 0 Å². The van der Waals surface area contributed by atoms with Gasteiger partial charge >= 0.3 is 0 Å². The monoisotopic (exact) mass is 383 g/mol. The molecular weight excluding hydrogens is 354 g/mol. The summed E-state index contributed by atoms with van der Waals surface area (Å²) in [5, 5.41) is 14.4. The summed E-state index contributed by atoms with van der Waals surface area (Å²) in [4.78, 5) is 13.1. The van der Waals surface area contributed by atoms with Gasteiger partial charge in [0.2, 0.25) is 5.78 Å². The number of hydrogen-bond acceptors (Lipinski definition) is 4. The Morgan fingerprint density at radius 1 is 1.00 bits per heavy atom. The SMILES string of the molecule is CC[Si](CC)(CC)O[C@H]1N[C@](O)(C(=O)c2ccccc2)[C@H]1c1ccccc1. The normalized spacial score (nSPS) is 25.0. The van der Waals surface area contributed by atoms with E-state index in [1.165, 1.54) is 0 Å². The zero-order chi connectivity index (χ0) is 19.5. The largest absolute Gasteiger partial charge is 0.401 e. The minimum atomic E-state index is -1.89. The Hall–Kier alpha value is -1.79. The Morgan fingerprint density at radius 2 is 1.52 bits per heavy atom. The molecule has 0 unspecified atom stereocenters. The van der Waals surface area contributed by atoms with Crippen molar-refractivity contribution < 1.29 is 14.3 Å². The van der Waals surface area contributed by atoms with Gasteiger partial charge in [0.25, 0.3) is 0 Å². The van der Waals surface area contributed by atoms with Crippen LogP contribution in [0.1, 0.15) is 42.6 Å². The van der Waals surface area contributed by atoms with E-state index in [4.69, 9.17) is 4.43 Å². The molecule has 4 nitrogen and oxygen atoms in total. The predicted octanol–water partition coefficient (Wildman–Crippen LogP) is 4.29. The highest BCUT2D eigenvalue weighted by atomic mass is 28.4. The minimum absolute atomic E-state index is 0.312. The number of carbonyl (C=O) groups excluding carboxylic acids is 1. The molecule has 0 saturated carbocycles. The summed E-state index contributed by atoms with van der Waals surface area (Å²) in [6.45, 7) is 6.53. The molecular formula is C22H29NO3Si. The second-order valence-electron chi connectivity index (χ2n) is 7.28. The summed E-state index contributed by atoms with van der Waals surface area (Å²) in [5.74, 6) is -0.739. The number of aliphatic hydroxyl groups is 1. The van der Waals surface area contributed by atoms with Crippen molar-refractivity contribution in [1.29, 1.82) is 0 Å². The lowest BCUT2D eigenvalue weighted by Crippen LogP contribution is -2.75. The third-order valence-corrected chi connectivity index (χ3v) is 10.6. The van der Waals surface area contributed by atoms with E-state index in [9.17, 15) is 9.90 Å². The summed E-state index contributed by atoms with van der Waals surface area (Å²) >= 11 is 0. The highest BCUT2D eigenvalue weighted by molar-refractivity contribution is 6.73. The van der Waals surface area contributed by atoms with Gasteiger partial charge in [0.1, 0.15) is 6.23 Å². The first-order chi connectivity index (χ1) is 13.0. The molecule has 1 saturated heterocycles. The van der Waals surface area contributed by atoms with Crippen LogP contribution in [0.15, 0.2) is 60.7 Å². The Morgan fingerprint density at radius 3 is 2.04 bits per heavy atom. The highest BCUT2D eigenvalue weighted by Gasteiger charge is 2.60. The Bertz CT molecular complexity index is 755. The fraction of sp³-hybridized carbons (Fsp3) is 0.409. The number of rotatable bonds is 8. The van der Waals surface area contributed by atoms with Gasteiger partial charge in [-0.25, -0.2) is 0 Å². The summed E-state index contributed by atoms with van der Waals surface area (Å²) in [6, 6.07) is 21.7. The number of ketones is 1. The van der Waals surface area contributed by atoms with Crippen LogP contribution in [-0.4, -0.2) is 31.2 Å². The van der Waals surface area contributed by atoms with E-state index in [1.807, 2.05) is 48.5 Å². The number of nitrogens with one attached hydrogen (secondary N) is 1. The lowest BCUT2D eigenvalue weighted by molar-refractivity contribution is -0.138.